The second kappa shape index (κ2) is 4.96. The molecule has 0 spiro atoms. The number of hydrogen-bond donors (Lipinski definition) is 1. The highest BCUT2D eigenvalue weighted by atomic mass is 79.9. The first kappa shape index (κ1) is 14.3. The first-order valence-electron chi connectivity index (χ1n) is 5.63. The van der Waals surface area contributed by atoms with Crippen molar-refractivity contribution in [3.8, 4) is 5.69 Å². The Morgan fingerprint density at radius 1 is 0.905 bits per heavy atom. The molecule has 0 unspecified atom stereocenters. The molecular weight excluding hydrogens is 372 g/mol. The number of fused-ring (bicyclic) bond motifs is 1. The zero-order valence-electron chi connectivity index (χ0n) is 10.1. The van der Waals surface area contributed by atoms with Crippen molar-refractivity contribution in [2.45, 2.75) is 0 Å². The van der Waals surface area contributed by atoms with Crippen LogP contribution in [-0.4, -0.2) is 9.55 Å². The van der Waals surface area contributed by atoms with E-state index in [1.165, 1.54) is 6.07 Å². The van der Waals surface area contributed by atoms with Gasteiger partial charge in [0.05, 0.1) is 21.2 Å². The lowest BCUT2D eigenvalue weighted by atomic mass is 10.2. The maximum atomic E-state index is 13.9. The summed E-state index contributed by atoms with van der Waals surface area (Å²) in [7, 11) is 0. The van der Waals surface area contributed by atoms with Crippen molar-refractivity contribution >= 4 is 39.2 Å². The number of imidazole rings is 1. The van der Waals surface area contributed by atoms with Crippen molar-refractivity contribution in [3.05, 3.63) is 56.8 Å². The van der Waals surface area contributed by atoms with E-state index in [0.29, 0.717) is 17.6 Å². The normalized spacial score (nSPS) is 11.3. The number of nitrogens with zero attached hydrogens (tertiary/aromatic N) is 1. The highest BCUT2D eigenvalue weighted by Gasteiger charge is 2.16. The molecule has 1 aromatic heterocycles. The van der Waals surface area contributed by atoms with Crippen LogP contribution in [0.2, 0.25) is 0 Å². The molecule has 0 bridgehead atoms. The van der Waals surface area contributed by atoms with Crippen LogP contribution < -0.4 is 0 Å². The van der Waals surface area contributed by atoms with Crippen molar-refractivity contribution < 1.29 is 17.6 Å². The van der Waals surface area contributed by atoms with Gasteiger partial charge in [-0.3, -0.25) is 4.57 Å². The quantitative estimate of drug-likeness (QED) is 0.359. The average Bonchev–Trinajstić information content (AvgIpc) is 2.70. The maximum absolute atomic E-state index is 13.9. The van der Waals surface area contributed by atoms with Gasteiger partial charge in [0.1, 0.15) is 11.6 Å². The molecule has 108 valence electrons. The molecule has 1 N–H and O–H groups in total. The van der Waals surface area contributed by atoms with Crippen molar-refractivity contribution in [2.75, 3.05) is 0 Å². The SMILES string of the molecule is Fc1cc(F)c(-n2c(=S)[nH]c3cc(Br)c(F)cc32)cc1F. The minimum Gasteiger partial charge on any atom is -0.330 e. The highest BCUT2D eigenvalue weighted by molar-refractivity contribution is 9.10. The van der Waals surface area contributed by atoms with Gasteiger partial charge in [-0.25, -0.2) is 17.6 Å². The Morgan fingerprint density at radius 3 is 2.29 bits per heavy atom. The average molecular weight is 377 g/mol. The summed E-state index contributed by atoms with van der Waals surface area (Å²) >= 11 is 8.06. The molecule has 0 fully saturated rings. The summed E-state index contributed by atoms with van der Waals surface area (Å²) in [4.78, 5) is 2.75. The number of nitrogens with one attached hydrogen (secondary N) is 1. The fourth-order valence-electron chi connectivity index (χ4n) is 2.02. The standard InChI is InChI=1S/C13H5BrF4N2S/c14-5-1-10-12(3-6(5)15)20(13(21)19-10)11-4-8(17)7(16)2-9(11)18/h1-4H,(H,19,21). The summed E-state index contributed by atoms with van der Waals surface area (Å²) in [6.45, 7) is 0. The molecule has 0 amide bonds. The van der Waals surface area contributed by atoms with Gasteiger partial charge >= 0.3 is 0 Å². The number of rotatable bonds is 1. The number of aromatic nitrogens is 2. The van der Waals surface area contributed by atoms with E-state index in [-0.39, 0.29) is 20.4 Å². The Kier molecular flexibility index (Phi) is 3.37. The number of hydrogen-bond acceptors (Lipinski definition) is 1. The molecular formula is C13H5BrF4N2S. The van der Waals surface area contributed by atoms with Gasteiger partial charge in [-0.1, -0.05) is 0 Å². The summed E-state index contributed by atoms with van der Waals surface area (Å²) in [6, 6.07) is 3.63. The zero-order valence-corrected chi connectivity index (χ0v) is 12.5. The molecule has 3 aromatic rings. The largest absolute Gasteiger partial charge is 0.330 e. The zero-order chi connectivity index (χ0) is 15.3. The van der Waals surface area contributed by atoms with Crippen LogP contribution in [0.1, 0.15) is 0 Å². The van der Waals surface area contributed by atoms with E-state index in [1.54, 1.807) is 0 Å². The number of halogens is 5. The molecule has 0 aliphatic heterocycles. The molecule has 0 saturated carbocycles. The van der Waals surface area contributed by atoms with Gasteiger partial charge in [0, 0.05) is 18.2 Å². The van der Waals surface area contributed by atoms with Gasteiger partial charge < -0.3 is 4.98 Å². The molecule has 3 rings (SSSR count). The molecule has 2 nitrogen and oxygen atoms in total. The molecule has 1 heterocycles. The van der Waals surface area contributed by atoms with E-state index >= 15 is 0 Å². The minimum absolute atomic E-state index is 0.0346. The van der Waals surface area contributed by atoms with Crippen LogP contribution >= 0.6 is 28.1 Å². The number of H-pyrrole nitrogens is 1. The first-order valence-corrected chi connectivity index (χ1v) is 6.83. The van der Waals surface area contributed by atoms with Crippen LogP contribution in [-0.2, 0) is 0 Å². The van der Waals surface area contributed by atoms with E-state index in [1.807, 2.05) is 0 Å². The molecule has 21 heavy (non-hydrogen) atoms. The summed E-state index contributed by atoms with van der Waals surface area (Å²) in [5.41, 5.74) is 0.342. The van der Waals surface area contributed by atoms with E-state index in [4.69, 9.17) is 12.2 Å². The van der Waals surface area contributed by atoms with Crippen molar-refractivity contribution in [1.29, 1.82) is 0 Å². The molecule has 0 radical (unpaired) electrons. The van der Waals surface area contributed by atoms with Crippen molar-refractivity contribution in [2.24, 2.45) is 0 Å². The number of benzene rings is 2. The van der Waals surface area contributed by atoms with Crippen molar-refractivity contribution in [3.63, 3.8) is 0 Å². The van der Waals surface area contributed by atoms with Crippen molar-refractivity contribution in [1.82, 2.24) is 9.55 Å². The molecule has 2 aromatic carbocycles. The second-order valence-corrected chi connectivity index (χ2v) is 5.51. The van der Waals surface area contributed by atoms with Gasteiger partial charge in [0.25, 0.3) is 0 Å². The summed E-state index contributed by atoms with van der Waals surface area (Å²) in [5, 5.41) is 0. The van der Waals surface area contributed by atoms with Crippen LogP contribution in [0.5, 0.6) is 0 Å². The van der Waals surface area contributed by atoms with E-state index < -0.39 is 23.3 Å². The monoisotopic (exact) mass is 376 g/mol. The Hall–Kier alpha value is -1.67. The minimum atomic E-state index is -1.31. The summed E-state index contributed by atoms with van der Waals surface area (Å²) in [6.07, 6.45) is 0. The van der Waals surface area contributed by atoms with Crippen LogP contribution in [0.4, 0.5) is 17.6 Å². The van der Waals surface area contributed by atoms with Crippen LogP contribution in [0.3, 0.4) is 0 Å². The lowest BCUT2D eigenvalue weighted by Crippen LogP contribution is -2.01. The third kappa shape index (κ3) is 2.28. The topological polar surface area (TPSA) is 20.7 Å². The van der Waals surface area contributed by atoms with Gasteiger partial charge in [0.15, 0.2) is 16.4 Å². The predicted molar refractivity (Wildman–Crippen MR) is 76.0 cm³/mol. The third-order valence-corrected chi connectivity index (χ3v) is 3.85. The Balaban J connectivity index is 2.40. The van der Waals surface area contributed by atoms with Gasteiger partial charge in [-0.15, -0.1) is 0 Å². The van der Waals surface area contributed by atoms with Gasteiger partial charge in [-0.2, -0.15) is 0 Å². The Morgan fingerprint density at radius 2 is 1.57 bits per heavy atom. The highest BCUT2D eigenvalue weighted by Crippen LogP contribution is 2.27. The molecule has 0 aliphatic rings. The van der Waals surface area contributed by atoms with E-state index in [9.17, 15) is 17.6 Å². The van der Waals surface area contributed by atoms with Crippen LogP contribution in [0.15, 0.2) is 28.7 Å². The Labute approximate surface area is 129 Å². The van der Waals surface area contributed by atoms with E-state index in [0.717, 1.165) is 10.6 Å². The predicted octanol–water partition coefficient (Wildman–Crippen LogP) is 5.01. The lowest BCUT2D eigenvalue weighted by molar-refractivity contribution is 0.493. The van der Waals surface area contributed by atoms with Crippen LogP contribution in [0, 0.1) is 28.0 Å². The molecule has 0 saturated heterocycles. The first-order chi connectivity index (χ1) is 9.88. The fourth-order valence-corrected chi connectivity index (χ4v) is 2.67. The Bertz CT molecular complexity index is 932. The third-order valence-electron chi connectivity index (χ3n) is 2.95. The van der Waals surface area contributed by atoms with Gasteiger partial charge in [0.2, 0.25) is 0 Å². The smallest absolute Gasteiger partial charge is 0.182 e. The molecule has 0 atom stereocenters. The van der Waals surface area contributed by atoms with Gasteiger partial charge in [-0.05, 0) is 34.2 Å². The molecule has 8 heteroatoms. The maximum Gasteiger partial charge on any atom is 0.182 e. The summed E-state index contributed by atoms with van der Waals surface area (Å²) < 4.78 is 55.2. The number of aromatic amines is 1. The van der Waals surface area contributed by atoms with E-state index in [2.05, 4.69) is 20.9 Å². The fraction of sp³-hybridized carbons (Fsp3) is 0. The lowest BCUT2D eigenvalue weighted by Gasteiger charge is -2.07. The van der Waals surface area contributed by atoms with Crippen LogP contribution in [0.25, 0.3) is 16.7 Å². The summed E-state index contributed by atoms with van der Waals surface area (Å²) in [5.74, 6) is -4.13. The second-order valence-electron chi connectivity index (χ2n) is 4.27. The molecule has 0 aliphatic carbocycles.